The Morgan fingerprint density at radius 1 is 1.14 bits per heavy atom. The van der Waals surface area contributed by atoms with Crippen molar-refractivity contribution < 1.29 is 19.0 Å². The lowest BCUT2D eigenvalue weighted by atomic mass is 9.74. The first-order valence-electron chi connectivity index (χ1n) is 10.3. The van der Waals surface area contributed by atoms with Gasteiger partial charge in [0.1, 0.15) is 5.60 Å². The van der Waals surface area contributed by atoms with Gasteiger partial charge >= 0.3 is 6.09 Å². The van der Waals surface area contributed by atoms with Crippen LogP contribution in [-0.2, 0) is 20.8 Å². The Morgan fingerprint density at radius 3 is 2.46 bits per heavy atom. The molecule has 154 valence electrons. The summed E-state index contributed by atoms with van der Waals surface area (Å²) < 4.78 is 18.1. The zero-order valence-electron chi connectivity index (χ0n) is 17.4. The Bertz CT molecular complexity index is 696. The molecule has 6 heteroatoms. The second kappa shape index (κ2) is 7.32. The predicted octanol–water partition coefficient (Wildman–Crippen LogP) is 3.12. The molecule has 0 radical (unpaired) electrons. The molecule has 28 heavy (non-hydrogen) atoms. The summed E-state index contributed by atoms with van der Waals surface area (Å²) in [6.07, 6.45) is -0.237. The van der Waals surface area contributed by atoms with Crippen LogP contribution in [0.4, 0.5) is 4.79 Å². The Hall–Kier alpha value is -1.63. The van der Waals surface area contributed by atoms with Gasteiger partial charge in [-0.15, -0.1) is 0 Å². The van der Waals surface area contributed by atoms with E-state index in [4.69, 9.17) is 14.2 Å². The van der Waals surface area contributed by atoms with Crippen molar-refractivity contribution >= 4 is 6.09 Å². The van der Waals surface area contributed by atoms with Crippen molar-refractivity contribution in [2.75, 3.05) is 32.8 Å². The molecule has 3 saturated heterocycles. The molecule has 3 heterocycles. The highest BCUT2D eigenvalue weighted by Gasteiger charge is 2.61. The Morgan fingerprint density at radius 2 is 1.82 bits per heavy atom. The average molecular weight is 389 g/mol. The van der Waals surface area contributed by atoms with Gasteiger partial charge in [0, 0.05) is 44.1 Å². The zero-order chi connectivity index (χ0) is 19.9. The van der Waals surface area contributed by atoms with Crippen molar-refractivity contribution in [3.63, 3.8) is 0 Å². The van der Waals surface area contributed by atoms with E-state index in [0.29, 0.717) is 19.8 Å². The molecule has 1 aromatic rings. The van der Waals surface area contributed by atoms with Crippen LogP contribution in [-0.4, -0.2) is 66.2 Å². The molecule has 2 unspecified atom stereocenters. The number of ether oxygens (including phenoxy) is 3. The molecule has 4 rings (SSSR count). The molecular weight excluding hydrogens is 356 g/mol. The fraction of sp³-hybridized carbons (Fsp3) is 0.682. The van der Waals surface area contributed by atoms with Crippen molar-refractivity contribution in [3.05, 3.63) is 35.9 Å². The maximum absolute atomic E-state index is 12.8. The number of hydrogen-bond acceptors (Lipinski definition) is 5. The van der Waals surface area contributed by atoms with Gasteiger partial charge < -0.3 is 19.1 Å². The largest absolute Gasteiger partial charge is 0.444 e. The standard InChI is InChI=1S/C22H32N2O4/c1-16-19-15-23(12-17-8-6-5-7-9-17)13-18(22(19)26-10-11-27-22)14-24(16)20(25)28-21(2,3)4/h5-9,16,18-19H,10-15H2,1-4H3/t16?,18-,19?/m1/s1. The number of hydrogen-bond donors (Lipinski definition) is 0. The zero-order valence-corrected chi connectivity index (χ0v) is 17.4. The first-order valence-corrected chi connectivity index (χ1v) is 10.3. The number of piperidine rings is 2. The summed E-state index contributed by atoms with van der Waals surface area (Å²) in [4.78, 5) is 17.2. The summed E-state index contributed by atoms with van der Waals surface area (Å²) in [5, 5.41) is 0. The normalized spacial score (nSPS) is 29.9. The van der Waals surface area contributed by atoms with Crippen LogP contribution >= 0.6 is 0 Å². The minimum absolute atomic E-state index is 0.0113. The van der Waals surface area contributed by atoms with Gasteiger partial charge in [-0.3, -0.25) is 4.90 Å². The van der Waals surface area contributed by atoms with Crippen molar-refractivity contribution in [2.45, 2.75) is 51.7 Å². The van der Waals surface area contributed by atoms with Crippen molar-refractivity contribution in [3.8, 4) is 0 Å². The van der Waals surface area contributed by atoms with Crippen LogP contribution in [0.3, 0.4) is 0 Å². The van der Waals surface area contributed by atoms with Crippen LogP contribution in [0, 0.1) is 11.8 Å². The predicted molar refractivity (Wildman–Crippen MR) is 106 cm³/mol. The molecule has 1 spiro atoms. The molecule has 6 nitrogen and oxygen atoms in total. The Balaban J connectivity index is 1.55. The first-order chi connectivity index (χ1) is 13.3. The smallest absolute Gasteiger partial charge is 0.410 e. The van der Waals surface area contributed by atoms with E-state index in [1.54, 1.807) is 0 Å². The molecule has 1 aromatic carbocycles. The highest BCUT2D eigenvalue weighted by Crippen LogP contribution is 2.47. The topological polar surface area (TPSA) is 51.2 Å². The summed E-state index contributed by atoms with van der Waals surface area (Å²) in [6.45, 7) is 12.3. The van der Waals surface area contributed by atoms with Gasteiger partial charge in [-0.25, -0.2) is 4.79 Å². The maximum atomic E-state index is 12.8. The van der Waals surface area contributed by atoms with Gasteiger partial charge in [-0.2, -0.15) is 0 Å². The first kappa shape index (κ1) is 19.7. The molecule has 0 aliphatic carbocycles. The minimum Gasteiger partial charge on any atom is -0.444 e. The van der Waals surface area contributed by atoms with E-state index in [2.05, 4.69) is 36.1 Å². The fourth-order valence-corrected chi connectivity index (χ4v) is 4.94. The second-order valence-electron chi connectivity index (χ2n) is 9.27. The van der Waals surface area contributed by atoms with Gasteiger partial charge in [0.2, 0.25) is 0 Å². The third-order valence-electron chi connectivity index (χ3n) is 6.13. The van der Waals surface area contributed by atoms with E-state index in [1.807, 2.05) is 31.7 Å². The van der Waals surface area contributed by atoms with Crippen LogP contribution in [0.15, 0.2) is 30.3 Å². The number of likely N-dealkylation sites (tertiary alicyclic amines) is 2. The summed E-state index contributed by atoms with van der Waals surface area (Å²) in [5.74, 6) is -0.356. The molecule has 0 N–H and O–H groups in total. The molecule has 1 amide bonds. The van der Waals surface area contributed by atoms with E-state index in [1.165, 1.54) is 5.56 Å². The lowest BCUT2D eigenvalue weighted by Crippen LogP contribution is -2.71. The number of benzene rings is 1. The highest BCUT2D eigenvalue weighted by molar-refractivity contribution is 5.69. The highest BCUT2D eigenvalue weighted by atomic mass is 16.7. The molecule has 0 aromatic heterocycles. The number of carbonyl (C=O) groups is 1. The van der Waals surface area contributed by atoms with Crippen LogP contribution in [0.25, 0.3) is 0 Å². The van der Waals surface area contributed by atoms with Crippen LogP contribution in [0.2, 0.25) is 0 Å². The molecule has 3 atom stereocenters. The van der Waals surface area contributed by atoms with Gasteiger partial charge in [-0.05, 0) is 33.3 Å². The average Bonchev–Trinajstić information content (AvgIpc) is 3.09. The van der Waals surface area contributed by atoms with E-state index < -0.39 is 11.4 Å². The summed E-state index contributed by atoms with van der Waals surface area (Å²) >= 11 is 0. The SMILES string of the molecule is CC1C2CN(Cc3ccccc3)C[C@H](CN1C(=O)OC(C)(C)C)C21OCCO1. The van der Waals surface area contributed by atoms with Crippen molar-refractivity contribution in [1.82, 2.24) is 9.80 Å². The Labute approximate surface area is 167 Å². The quantitative estimate of drug-likeness (QED) is 0.779. The molecule has 2 bridgehead atoms. The number of amides is 1. The lowest BCUT2D eigenvalue weighted by molar-refractivity contribution is -0.285. The molecule has 0 saturated carbocycles. The molecular formula is C22H32N2O4. The van der Waals surface area contributed by atoms with Gasteiger partial charge in [0.25, 0.3) is 0 Å². The van der Waals surface area contributed by atoms with Crippen LogP contribution in [0.5, 0.6) is 0 Å². The third kappa shape index (κ3) is 3.65. The summed E-state index contributed by atoms with van der Waals surface area (Å²) in [7, 11) is 0. The number of rotatable bonds is 2. The minimum atomic E-state index is -0.564. The number of carbonyl (C=O) groups excluding carboxylic acids is 1. The monoisotopic (exact) mass is 388 g/mol. The lowest BCUT2D eigenvalue weighted by Gasteiger charge is -2.57. The van der Waals surface area contributed by atoms with Crippen LogP contribution in [0.1, 0.15) is 33.3 Å². The molecule has 3 aliphatic heterocycles. The van der Waals surface area contributed by atoms with E-state index in [9.17, 15) is 4.79 Å². The summed E-state index contributed by atoms with van der Waals surface area (Å²) in [5.41, 5.74) is 0.808. The maximum Gasteiger partial charge on any atom is 0.410 e. The van der Waals surface area contributed by atoms with Gasteiger partial charge in [-0.1, -0.05) is 30.3 Å². The van der Waals surface area contributed by atoms with Gasteiger partial charge in [0.15, 0.2) is 5.79 Å². The van der Waals surface area contributed by atoms with Crippen molar-refractivity contribution in [1.29, 1.82) is 0 Å². The van der Waals surface area contributed by atoms with Crippen molar-refractivity contribution in [2.24, 2.45) is 11.8 Å². The molecule has 3 fully saturated rings. The number of nitrogens with zero attached hydrogens (tertiary/aromatic N) is 2. The molecule has 3 aliphatic rings. The second-order valence-corrected chi connectivity index (χ2v) is 9.27. The van der Waals surface area contributed by atoms with E-state index >= 15 is 0 Å². The van der Waals surface area contributed by atoms with E-state index in [-0.39, 0.29) is 24.0 Å². The Kier molecular flexibility index (Phi) is 5.14. The third-order valence-corrected chi connectivity index (χ3v) is 6.13. The fourth-order valence-electron chi connectivity index (χ4n) is 4.94. The van der Waals surface area contributed by atoms with E-state index in [0.717, 1.165) is 19.6 Å². The summed E-state index contributed by atoms with van der Waals surface area (Å²) in [6, 6.07) is 10.5. The van der Waals surface area contributed by atoms with Crippen LogP contribution < -0.4 is 0 Å². The van der Waals surface area contributed by atoms with Gasteiger partial charge in [0.05, 0.1) is 13.2 Å².